The summed E-state index contributed by atoms with van der Waals surface area (Å²) in [6, 6.07) is 9.94. The Bertz CT molecular complexity index is 905. The molecule has 0 spiro atoms. The summed E-state index contributed by atoms with van der Waals surface area (Å²) in [4.78, 5) is 4.41. The summed E-state index contributed by atoms with van der Waals surface area (Å²) in [6.45, 7) is 0. The van der Waals surface area contributed by atoms with Crippen LogP contribution in [0.4, 0.5) is 0 Å². The van der Waals surface area contributed by atoms with E-state index in [1.54, 1.807) is 36.4 Å². The van der Waals surface area contributed by atoms with Gasteiger partial charge in [0.2, 0.25) is 0 Å². The molecule has 2 heterocycles. The van der Waals surface area contributed by atoms with Crippen LogP contribution in [0.15, 0.2) is 58.2 Å². The average Bonchev–Trinajstić information content (AvgIpc) is 2.94. The van der Waals surface area contributed by atoms with Gasteiger partial charge in [-0.2, -0.15) is 0 Å². The largest absolute Gasteiger partial charge is 0.494 e. The molecule has 0 fully saturated rings. The molecule has 0 unspecified atom stereocenters. The van der Waals surface area contributed by atoms with Crippen LogP contribution in [0.3, 0.4) is 0 Å². The van der Waals surface area contributed by atoms with Gasteiger partial charge in [0.05, 0.1) is 22.7 Å². The maximum Gasteiger partial charge on any atom is 0.269 e. The Balaban J connectivity index is 2.25. The van der Waals surface area contributed by atoms with E-state index < -0.39 is 10.0 Å². The quantitative estimate of drug-likeness (QED) is 0.714. The van der Waals surface area contributed by atoms with Crippen LogP contribution in [-0.4, -0.2) is 24.5 Å². The van der Waals surface area contributed by atoms with Gasteiger partial charge in [-0.25, -0.2) is 17.4 Å². The Hall–Kier alpha value is -1.86. The van der Waals surface area contributed by atoms with Crippen molar-refractivity contribution >= 4 is 37.0 Å². The summed E-state index contributed by atoms with van der Waals surface area (Å²) in [5, 5.41) is 0.675. The standard InChI is InChI=1S/C14H11BrN2O3S/c1-20-12-9-16-14-11(13(12)15)7-8-17(14)21(18,19)10-5-3-2-4-6-10/h2-9H,1H3. The van der Waals surface area contributed by atoms with Crippen LogP contribution >= 0.6 is 15.9 Å². The van der Waals surface area contributed by atoms with Crippen LogP contribution in [0.5, 0.6) is 5.75 Å². The molecule has 0 amide bonds. The van der Waals surface area contributed by atoms with Crippen molar-refractivity contribution in [3.63, 3.8) is 0 Å². The maximum atomic E-state index is 12.7. The summed E-state index contributed by atoms with van der Waals surface area (Å²) in [7, 11) is -2.13. The van der Waals surface area contributed by atoms with Crippen molar-refractivity contribution in [1.29, 1.82) is 0 Å². The number of aromatic nitrogens is 2. The predicted molar refractivity (Wildman–Crippen MR) is 83.0 cm³/mol. The van der Waals surface area contributed by atoms with Crippen molar-refractivity contribution in [2.45, 2.75) is 4.90 Å². The molecule has 108 valence electrons. The van der Waals surface area contributed by atoms with E-state index in [4.69, 9.17) is 4.74 Å². The molecular formula is C14H11BrN2O3S. The summed E-state index contributed by atoms with van der Waals surface area (Å²) < 4.78 is 32.3. The lowest BCUT2D eigenvalue weighted by molar-refractivity contribution is 0.411. The summed E-state index contributed by atoms with van der Waals surface area (Å²) in [5.74, 6) is 0.553. The first-order valence-corrected chi connectivity index (χ1v) is 8.29. The van der Waals surface area contributed by atoms with Gasteiger partial charge in [0.25, 0.3) is 10.0 Å². The molecule has 0 saturated heterocycles. The summed E-state index contributed by atoms with van der Waals surface area (Å²) in [5.41, 5.74) is 0.353. The minimum Gasteiger partial charge on any atom is -0.494 e. The SMILES string of the molecule is COc1cnc2c(ccn2S(=O)(=O)c2ccccc2)c1Br. The molecule has 7 heteroatoms. The number of rotatable bonds is 3. The number of hydrogen-bond acceptors (Lipinski definition) is 4. The number of halogens is 1. The van der Waals surface area contributed by atoms with Crippen molar-refractivity contribution in [1.82, 2.24) is 8.96 Å². The minimum absolute atomic E-state index is 0.219. The van der Waals surface area contributed by atoms with E-state index in [1.165, 1.54) is 23.5 Å². The van der Waals surface area contributed by atoms with Crippen LogP contribution in [0.25, 0.3) is 11.0 Å². The Morgan fingerprint density at radius 1 is 1.19 bits per heavy atom. The minimum atomic E-state index is -3.67. The zero-order valence-electron chi connectivity index (χ0n) is 11.0. The smallest absolute Gasteiger partial charge is 0.269 e. The normalized spacial score (nSPS) is 11.7. The third-order valence-corrected chi connectivity index (χ3v) is 5.60. The topological polar surface area (TPSA) is 61.2 Å². The van der Waals surface area contributed by atoms with Crippen molar-refractivity contribution in [3.05, 3.63) is 53.3 Å². The van der Waals surface area contributed by atoms with Gasteiger partial charge < -0.3 is 4.74 Å². The number of methoxy groups -OCH3 is 1. The van der Waals surface area contributed by atoms with Gasteiger partial charge in [-0.1, -0.05) is 18.2 Å². The van der Waals surface area contributed by atoms with Gasteiger partial charge in [0, 0.05) is 11.6 Å². The van der Waals surface area contributed by atoms with Crippen LogP contribution < -0.4 is 4.74 Å². The molecule has 0 aliphatic rings. The molecule has 0 bridgehead atoms. The number of nitrogens with zero attached hydrogens (tertiary/aromatic N) is 2. The maximum absolute atomic E-state index is 12.7. The number of hydrogen-bond donors (Lipinski definition) is 0. The molecular weight excluding hydrogens is 356 g/mol. The molecule has 21 heavy (non-hydrogen) atoms. The third-order valence-electron chi connectivity index (χ3n) is 3.10. The monoisotopic (exact) mass is 366 g/mol. The highest BCUT2D eigenvalue weighted by Crippen LogP contribution is 2.33. The molecule has 1 aromatic carbocycles. The molecule has 0 atom stereocenters. The van der Waals surface area contributed by atoms with Crippen molar-refractivity contribution in [2.75, 3.05) is 7.11 Å². The number of benzene rings is 1. The lowest BCUT2D eigenvalue weighted by Gasteiger charge is -2.08. The molecule has 2 aromatic heterocycles. The Kier molecular flexibility index (Phi) is 3.46. The lowest BCUT2D eigenvalue weighted by atomic mass is 10.3. The zero-order valence-corrected chi connectivity index (χ0v) is 13.4. The molecule has 3 aromatic rings. The predicted octanol–water partition coefficient (Wildman–Crippen LogP) is 3.04. The Morgan fingerprint density at radius 2 is 1.90 bits per heavy atom. The Labute approximate surface area is 130 Å². The fraction of sp³-hybridized carbons (Fsp3) is 0.0714. The second-order valence-electron chi connectivity index (χ2n) is 4.31. The highest BCUT2D eigenvalue weighted by atomic mass is 79.9. The van der Waals surface area contributed by atoms with E-state index in [2.05, 4.69) is 20.9 Å². The van der Waals surface area contributed by atoms with Gasteiger partial charge in [-0.05, 0) is 34.1 Å². The van der Waals surface area contributed by atoms with E-state index in [-0.39, 0.29) is 4.90 Å². The lowest BCUT2D eigenvalue weighted by Crippen LogP contribution is -2.12. The average molecular weight is 367 g/mol. The van der Waals surface area contributed by atoms with E-state index in [1.807, 2.05) is 0 Å². The van der Waals surface area contributed by atoms with Crippen molar-refractivity contribution in [3.8, 4) is 5.75 Å². The van der Waals surface area contributed by atoms with E-state index in [0.717, 1.165) is 0 Å². The fourth-order valence-corrected chi connectivity index (χ4v) is 3.95. The van der Waals surface area contributed by atoms with Gasteiger partial charge in [-0.3, -0.25) is 0 Å². The first-order valence-electron chi connectivity index (χ1n) is 6.06. The second kappa shape index (κ2) is 5.16. The highest BCUT2D eigenvalue weighted by molar-refractivity contribution is 9.10. The fourth-order valence-electron chi connectivity index (χ4n) is 2.06. The molecule has 0 N–H and O–H groups in total. The van der Waals surface area contributed by atoms with Gasteiger partial charge in [0.15, 0.2) is 11.4 Å². The number of fused-ring (bicyclic) bond motifs is 1. The van der Waals surface area contributed by atoms with Crippen LogP contribution in [-0.2, 0) is 10.0 Å². The molecule has 0 radical (unpaired) electrons. The van der Waals surface area contributed by atoms with Crippen molar-refractivity contribution in [2.24, 2.45) is 0 Å². The van der Waals surface area contributed by atoms with Crippen LogP contribution in [0.1, 0.15) is 0 Å². The number of pyridine rings is 1. The summed E-state index contributed by atoms with van der Waals surface area (Å²) >= 11 is 3.41. The molecule has 0 aliphatic heterocycles. The van der Waals surface area contributed by atoms with E-state index in [0.29, 0.717) is 21.3 Å². The van der Waals surface area contributed by atoms with Crippen molar-refractivity contribution < 1.29 is 13.2 Å². The third kappa shape index (κ3) is 2.22. The highest BCUT2D eigenvalue weighted by Gasteiger charge is 2.21. The molecule has 3 rings (SSSR count). The van der Waals surface area contributed by atoms with E-state index in [9.17, 15) is 8.42 Å². The Morgan fingerprint density at radius 3 is 2.57 bits per heavy atom. The summed E-state index contributed by atoms with van der Waals surface area (Å²) in [6.07, 6.45) is 2.98. The second-order valence-corrected chi connectivity index (χ2v) is 6.92. The zero-order chi connectivity index (χ0) is 15.0. The molecule has 0 aliphatic carbocycles. The molecule has 5 nitrogen and oxygen atoms in total. The first kappa shape index (κ1) is 14.1. The van der Waals surface area contributed by atoms with Crippen LogP contribution in [0.2, 0.25) is 0 Å². The first-order chi connectivity index (χ1) is 10.1. The van der Waals surface area contributed by atoms with Gasteiger partial charge in [-0.15, -0.1) is 0 Å². The van der Waals surface area contributed by atoms with Crippen LogP contribution in [0, 0.1) is 0 Å². The molecule has 0 saturated carbocycles. The van der Waals surface area contributed by atoms with Gasteiger partial charge >= 0.3 is 0 Å². The van der Waals surface area contributed by atoms with E-state index >= 15 is 0 Å². The number of ether oxygens (including phenoxy) is 1. The van der Waals surface area contributed by atoms with Gasteiger partial charge in [0.1, 0.15) is 0 Å².